The monoisotopic (exact) mass is 252 g/mol. The Hall–Kier alpha value is -1.27. The first kappa shape index (κ1) is 10.8. The number of benzene rings is 1. The van der Waals surface area contributed by atoms with Gasteiger partial charge in [0.1, 0.15) is 5.75 Å². The number of carbonyl (C=O) groups is 1. The second kappa shape index (κ2) is 4.83. The molecule has 0 atom stereocenters. The molecule has 0 heterocycles. The van der Waals surface area contributed by atoms with E-state index in [-0.39, 0.29) is 12.2 Å². The molecule has 0 aliphatic heterocycles. The maximum Gasteiger partial charge on any atom is 0.175 e. The van der Waals surface area contributed by atoms with Crippen LogP contribution in [0.1, 0.15) is 16.8 Å². The van der Waals surface area contributed by atoms with E-state index in [1.807, 2.05) is 0 Å². The largest absolute Gasteiger partial charge is 0.497 e. The highest BCUT2D eigenvalue weighted by atomic mass is 79.9. The molecule has 0 fully saturated rings. The smallest absolute Gasteiger partial charge is 0.175 e. The zero-order valence-electron chi connectivity index (χ0n) is 7.71. The third-order valence-electron chi connectivity index (χ3n) is 1.74. The fourth-order valence-corrected chi connectivity index (χ4v) is 1.50. The van der Waals surface area contributed by atoms with Gasteiger partial charge in [0.25, 0.3) is 0 Å². The molecule has 0 radical (unpaired) electrons. The van der Waals surface area contributed by atoms with Gasteiger partial charge in [-0.2, -0.15) is 0 Å². The van der Waals surface area contributed by atoms with E-state index in [0.717, 1.165) is 4.47 Å². The summed E-state index contributed by atoms with van der Waals surface area (Å²) in [6, 6.07) is 5.21. The third-order valence-corrected chi connectivity index (χ3v) is 2.43. The molecular formula is C11H9BrO2. The van der Waals surface area contributed by atoms with Gasteiger partial charge in [0.2, 0.25) is 0 Å². The van der Waals surface area contributed by atoms with Crippen LogP contribution < -0.4 is 4.74 Å². The van der Waals surface area contributed by atoms with Gasteiger partial charge in [-0.05, 0) is 18.2 Å². The maximum atomic E-state index is 11.5. The average Bonchev–Trinajstić information content (AvgIpc) is 2.19. The van der Waals surface area contributed by atoms with Crippen LogP contribution in [0, 0.1) is 12.3 Å². The van der Waals surface area contributed by atoms with Crippen molar-refractivity contribution in [3.8, 4) is 18.1 Å². The van der Waals surface area contributed by atoms with E-state index in [9.17, 15) is 4.79 Å². The normalized spacial score (nSPS) is 9.21. The molecule has 0 unspecified atom stereocenters. The van der Waals surface area contributed by atoms with Crippen molar-refractivity contribution in [3.63, 3.8) is 0 Å². The molecule has 1 rings (SSSR count). The van der Waals surface area contributed by atoms with Crippen molar-refractivity contribution >= 4 is 21.7 Å². The van der Waals surface area contributed by atoms with Gasteiger partial charge in [-0.1, -0.05) is 21.9 Å². The van der Waals surface area contributed by atoms with Crippen molar-refractivity contribution < 1.29 is 9.53 Å². The summed E-state index contributed by atoms with van der Waals surface area (Å²) in [6.07, 6.45) is 5.17. The molecule has 0 aromatic heterocycles. The molecule has 0 bridgehead atoms. The summed E-state index contributed by atoms with van der Waals surface area (Å²) in [4.78, 5) is 11.5. The lowest BCUT2D eigenvalue weighted by atomic mass is 10.1. The van der Waals surface area contributed by atoms with Gasteiger partial charge in [-0.15, -0.1) is 6.42 Å². The summed E-state index contributed by atoms with van der Waals surface area (Å²) in [5.41, 5.74) is 0.558. The fraction of sp³-hybridized carbons (Fsp3) is 0.182. The second-order valence-corrected chi connectivity index (χ2v) is 3.50. The molecule has 1 aromatic carbocycles. The Bertz CT molecular complexity index is 391. The Balaban J connectivity index is 3.07. The summed E-state index contributed by atoms with van der Waals surface area (Å²) >= 11 is 3.29. The molecule has 0 aliphatic rings. The SMILES string of the molecule is C#CCC(=O)c1cc(OC)ccc1Br. The molecule has 2 nitrogen and oxygen atoms in total. The number of hydrogen-bond donors (Lipinski definition) is 0. The zero-order valence-corrected chi connectivity index (χ0v) is 9.30. The minimum absolute atomic E-state index is 0.0849. The van der Waals surface area contributed by atoms with E-state index in [2.05, 4.69) is 21.9 Å². The van der Waals surface area contributed by atoms with Crippen LogP contribution in [-0.2, 0) is 0 Å². The molecule has 14 heavy (non-hydrogen) atoms. The number of rotatable bonds is 3. The van der Waals surface area contributed by atoms with E-state index < -0.39 is 0 Å². The Morgan fingerprint density at radius 2 is 2.36 bits per heavy atom. The third kappa shape index (κ3) is 2.36. The van der Waals surface area contributed by atoms with E-state index >= 15 is 0 Å². The Morgan fingerprint density at radius 1 is 1.64 bits per heavy atom. The molecular weight excluding hydrogens is 244 g/mol. The predicted octanol–water partition coefficient (Wildman–Crippen LogP) is 2.66. The summed E-state index contributed by atoms with van der Waals surface area (Å²) in [5, 5.41) is 0. The summed E-state index contributed by atoms with van der Waals surface area (Å²) in [7, 11) is 1.55. The van der Waals surface area contributed by atoms with E-state index in [1.165, 1.54) is 0 Å². The van der Waals surface area contributed by atoms with E-state index in [0.29, 0.717) is 11.3 Å². The highest BCUT2D eigenvalue weighted by molar-refractivity contribution is 9.10. The molecule has 0 N–H and O–H groups in total. The van der Waals surface area contributed by atoms with Gasteiger partial charge in [-0.3, -0.25) is 4.79 Å². The van der Waals surface area contributed by atoms with Crippen LogP contribution in [0.15, 0.2) is 22.7 Å². The Labute approximate surface area is 91.4 Å². The van der Waals surface area contributed by atoms with Gasteiger partial charge >= 0.3 is 0 Å². The van der Waals surface area contributed by atoms with E-state index in [4.69, 9.17) is 11.2 Å². The first-order valence-corrected chi connectivity index (χ1v) is 4.78. The van der Waals surface area contributed by atoms with Gasteiger partial charge in [0, 0.05) is 10.0 Å². The minimum Gasteiger partial charge on any atom is -0.497 e. The highest BCUT2D eigenvalue weighted by Crippen LogP contribution is 2.23. The number of carbonyl (C=O) groups excluding carboxylic acids is 1. The van der Waals surface area contributed by atoms with Crippen LogP contribution in [0.4, 0.5) is 0 Å². The lowest BCUT2D eigenvalue weighted by Gasteiger charge is -2.04. The molecule has 0 spiro atoms. The van der Waals surface area contributed by atoms with Gasteiger partial charge in [0.05, 0.1) is 13.5 Å². The van der Waals surface area contributed by atoms with Gasteiger partial charge in [0.15, 0.2) is 5.78 Å². The number of ketones is 1. The van der Waals surface area contributed by atoms with Crippen molar-refractivity contribution in [2.45, 2.75) is 6.42 Å². The number of ether oxygens (including phenoxy) is 1. The van der Waals surface area contributed by atoms with Crippen molar-refractivity contribution in [2.75, 3.05) is 7.11 Å². The Kier molecular flexibility index (Phi) is 3.73. The summed E-state index contributed by atoms with van der Waals surface area (Å²) < 4.78 is 5.75. The van der Waals surface area contributed by atoms with Crippen LogP contribution in [-0.4, -0.2) is 12.9 Å². The number of Topliss-reactive ketones (excluding diaryl/α,β-unsaturated/α-hetero) is 1. The van der Waals surface area contributed by atoms with Crippen molar-refractivity contribution in [2.24, 2.45) is 0 Å². The fourth-order valence-electron chi connectivity index (χ4n) is 1.03. The van der Waals surface area contributed by atoms with Crippen LogP contribution in [0.5, 0.6) is 5.75 Å². The first-order chi connectivity index (χ1) is 6.69. The van der Waals surface area contributed by atoms with Gasteiger partial charge < -0.3 is 4.74 Å². The number of hydrogen-bond acceptors (Lipinski definition) is 2. The molecule has 72 valence electrons. The Morgan fingerprint density at radius 3 is 2.93 bits per heavy atom. The number of methoxy groups -OCH3 is 1. The lowest BCUT2D eigenvalue weighted by Crippen LogP contribution is -1.99. The lowest BCUT2D eigenvalue weighted by molar-refractivity contribution is 0.0997. The predicted molar refractivity (Wildman–Crippen MR) is 58.5 cm³/mol. The van der Waals surface area contributed by atoms with Gasteiger partial charge in [-0.25, -0.2) is 0 Å². The van der Waals surface area contributed by atoms with Crippen LogP contribution in [0.25, 0.3) is 0 Å². The number of terminal acetylenes is 1. The molecule has 0 saturated carbocycles. The van der Waals surface area contributed by atoms with Crippen LogP contribution in [0.3, 0.4) is 0 Å². The molecule has 1 aromatic rings. The molecule has 3 heteroatoms. The maximum absolute atomic E-state index is 11.5. The second-order valence-electron chi connectivity index (χ2n) is 2.65. The zero-order chi connectivity index (χ0) is 10.6. The van der Waals surface area contributed by atoms with Crippen molar-refractivity contribution in [1.82, 2.24) is 0 Å². The van der Waals surface area contributed by atoms with Crippen LogP contribution in [0.2, 0.25) is 0 Å². The topological polar surface area (TPSA) is 26.3 Å². The first-order valence-electron chi connectivity index (χ1n) is 3.99. The minimum atomic E-state index is -0.0849. The standard InChI is InChI=1S/C11H9BrO2/c1-3-4-11(13)9-7-8(14-2)5-6-10(9)12/h1,5-7H,4H2,2H3. The summed E-state index contributed by atoms with van der Waals surface area (Å²) in [5.74, 6) is 2.88. The van der Waals surface area contributed by atoms with Crippen LogP contribution >= 0.6 is 15.9 Å². The molecule has 0 saturated heterocycles. The highest BCUT2D eigenvalue weighted by Gasteiger charge is 2.09. The number of halogens is 1. The quantitative estimate of drug-likeness (QED) is 0.611. The van der Waals surface area contributed by atoms with Crippen molar-refractivity contribution in [1.29, 1.82) is 0 Å². The molecule has 0 aliphatic carbocycles. The average molecular weight is 253 g/mol. The van der Waals surface area contributed by atoms with Crippen molar-refractivity contribution in [3.05, 3.63) is 28.2 Å². The molecule has 0 amide bonds. The van der Waals surface area contributed by atoms with E-state index in [1.54, 1.807) is 25.3 Å². The summed E-state index contributed by atoms with van der Waals surface area (Å²) in [6.45, 7) is 0.